The van der Waals surface area contributed by atoms with Crippen molar-refractivity contribution in [2.24, 2.45) is 0 Å². The Bertz CT molecular complexity index is 1050. The molecule has 1 aliphatic rings. The minimum Gasteiger partial charge on any atom is -0.454 e. The molecule has 4 rings (SSSR count). The van der Waals surface area contributed by atoms with E-state index in [9.17, 15) is 9.59 Å². The third kappa shape index (κ3) is 4.80. The summed E-state index contributed by atoms with van der Waals surface area (Å²) in [6.45, 7) is 1.65. The second-order valence-corrected chi connectivity index (χ2v) is 7.58. The van der Waals surface area contributed by atoms with Gasteiger partial charge in [-0.3, -0.25) is 9.59 Å². The van der Waals surface area contributed by atoms with Crippen molar-refractivity contribution < 1.29 is 23.5 Å². The van der Waals surface area contributed by atoms with Crippen LogP contribution < -0.4 is 14.8 Å². The molecular formula is C21H19N3O5S. The average molecular weight is 425 g/mol. The van der Waals surface area contributed by atoms with Gasteiger partial charge < -0.3 is 19.2 Å². The molecule has 8 nitrogen and oxygen atoms in total. The number of benzene rings is 2. The number of carbonyl (C=O) groups is 2. The zero-order valence-corrected chi connectivity index (χ0v) is 17.0. The van der Waals surface area contributed by atoms with E-state index in [0.29, 0.717) is 29.4 Å². The molecule has 1 atom stereocenters. The normalized spacial score (nSPS) is 13.1. The zero-order valence-electron chi connectivity index (χ0n) is 16.2. The Hall–Kier alpha value is -3.33. The van der Waals surface area contributed by atoms with Crippen molar-refractivity contribution in [3.05, 3.63) is 54.1 Å². The Kier molecular flexibility index (Phi) is 5.99. The van der Waals surface area contributed by atoms with E-state index in [1.165, 1.54) is 6.92 Å². The van der Waals surface area contributed by atoms with Crippen molar-refractivity contribution in [1.82, 2.24) is 15.5 Å². The minimum atomic E-state index is -0.577. The number of ketones is 1. The summed E-state index contributed by atoms with van der Waals surface area (Å²) in [5, 5.41) is 11.0. The predicted octanol–water partition coefficient (Wildman–Crippen LogP) is 2.87. The standard InChI is InChI=1S/C21H19N3O5S/c1-13(25)16(9-14-5-3-2-4-6-14)22-19(26)11-30-21-24-23-20(29-21)15-7-8-17-18(10-15)28-12-27-17/h2-8,10,16H,9,11-12H2,1H3,(H,22,26). The van der Waals surface area contributed by atoms with E-state index >= 15 is 0 Å². The maximum atomic E-state index is 12.3. The molecule has 1 aromatic heterocycles. The summed E-state index contributed by atoms with van der Waals surface area (Å²) < 4.78 is 16.3. The van der Waals surface area contributed by atoms with Gasteiger partial charge >= 0.3 is 0 Å². The summed E-state index contributed by atoms with van der Waals surface area (Å²) in [6.07, 6.45) is 0.446. The Labute approximate surface area is 177 Å². The Morgan fingerprint density at radius 2 is 1.90 bits per heavy atom. The highest BCUT2D eigenvalue weighted by Crippen LogP contribution is 2.35. The quantitative estimate of drug-likeness (QED) is 0.550. The molecule has 1 aliphatic heterocycles. The SMILES string of the molecule is CC(=O)C(Cc1ccccc1)NC(=O)CSc1nnc(-c2ccc3c(c2)OCO3)o1. The van der Waals surface area contributed by atoms with Crippen molar-refractivity contribution in [3.8, 4) is 23.0 Å². The number of hydrogen-bond acceptors (Lipinski definition) is 8. The number of hydrogen-bond donors (Lipinski definition) is 1. The Morgan fingerprint density at radius 3 is 2.70 bits per heavy atom. The molecule has 0 fully saturated rings. The number of nitrogens with zero attached hydrogens (tertiary/aromatic N) is 2. The van der Waals surface area contributed by atoms with E-state index in [1.807, 2.05) is 30.3 Å². The molecule has 9 heteroatoms. The van der Waals surface area contributed by atoms with Gasteiger partial charge in [0.2, 0.25) is 18.6 Å². The van der Waals surface area contributed by atoms with Crippen LogP contribution in [0, 0.1) is 0 Å². The van der Waals surface area contributed by atoms with Gasteiger partial charge in [-0.25, -0.2) is 0 Å². The second-order valence-electron chi connectivity index (χ2n) is 6.65. The van der Waals surface area contributed by atoms with E-state index in [0.717, 1.165) is 17.3 Å². The zero-order chi connectivity index (χ0) is 20.9. The van der Waals surface area contributed by atoms with Crippen molar-refractivity contribution in [2.45, 2.75) is 24.6 Å². The van der Waals surface area contributed by atoms with E-state index in [1.54, 1.807) is 18.2 Å². The number of ether oxygens (including phenoxy) is 2. The van der Waals surface area contributed by atoms with Gasteiger partial charge in [-0.15, -0.1) is 10.2 Å². The maximum Gasteiger partial charge on any atom is 0.277 e. The largest absolute Gasteiger partial charge is 0.454 e. The number of Topliss-reactive ketones (excluding diaryl/α,β-unsaturated/α-hetero) is 1. The van der Waals surface area contributed by atoms with Crippen LogP contribution in [0.4, 0.5) is 0 Å². The van der Waals surface area contributed by atoms with Gasteiger partial charge in [-0.05, 0) is 37.1 Å². The number of thioether (sulfide) groups is 1. The molecule has 0 spiro atoms. The van der Waals surface area contributed by atoms with Crippen molar-refractivity contribution in [1.29, 1.82) is 0 Å². The summed E-state index contributed by atoms with van der Waals surface area (Å²) in [5.41, 5.74) is 1.68. The smallest absolute Gasteiger partial charge is 0.277 e. The van der Waals surface area contributed by atoms with E-state index in [4.69, 9.17) is 13.9 Å². The van der Waals surface area contributed by atoms with Crippen LogP contribution in [0.2, 0.25) is 0 Å². The first-order valence-electron chi connectivity index (χ1n) is 9.28. The van der Waals surface area contributed by atoms with Gasteiger partial charge in [-0.1, -0.05) is 42.1 Å². The molecule has 2 heterocycles. The van der Waals surface area contributed by atoms with Gasteiger partial charge in [0.25, 0.3) is 5.22 Å². The maximum absolute atomic E-state index is 12.3. The second kappa shape index (κ2) is 9.00. The van der Waals surface area contributed by atoms with Gasteiger partial charge in [0.15, 0.2) is 17.3 Å². The Balaban J connectivity index is 1.33. The van der Waals surface area contributed by atoms with Gasteiger partial charge in [0, 0.05) is 5.56 Å². The van der Waals surface area contributed by atoms with E-state index < -0.39 is 6.04 Å². The summed E-state index contributed by atoms with van der Waals surface area (Å²) in [5.74, 6) is 1.29. The van der Waals surface area contributed by atoms with Crippen LogP contribution in [-0.2, 0) is 16.0 Å². The van der Waals surface area contributed by atoms with E-state index in [2.05, 4.69) is 15.5 Å². The lowest BCUT2D eigenvalue weighted by Gasteiger charge is -2.15. The Morgan fingerprint density at radius 1 is 1.10 bits per heavy atom. The molecule has 0 aliphatic carbocycles. The van der Waals surface area contributed by atoms with Crippen molar-refractivity contribution in [3.63, 3.8) is 0 Å². The minimum absolute atomic E-state index is 0.0569. The fraction of sp³-hybridized carbons (Fsp3) is 0.238. The molecular weight excluding hydrogens is 406 g/mol. The molecule has 0 radical (unpaired) electrons. The molecule has 154 valence electrons. The summed E-state index contributed by atoms with van der Waals surface area (Å²) in [6, 6.07) is 14.3. The van der Waals surface area contributed by atoms with Crippen LogP contribution in [0.1, 0.15) is 12.5 Å². The monoisotopic (exact) mass is 425 g/mol. The fourth-order valence-electron chi connectivity index (χ4n) is 2.92. The van der Waals surface area contributed by atoms with Crippen LogP contribution >= 0.6 is 11.8 Å². The molecule has 3 aromatic rings. The predicted molar refractivity (Wildman–Crippen MR) is 109 cm³/mol. The first-order chi connectivity index (χ1) is 14.6. The number of aromatic nitrogens is 2. The van der Waals surface area contributed by atoms with E-state index in [-0.39, 0.29) is 29.5 Å². The van der Waals surface area contributed by atoms with Crippen LogP contribution in [0.3, 0.4) is 0 Å². The molecule has 1 amide bonds. The van der Waals surface area contributed by atoms with Gasteiger partial charge in [0.1, 0.15) is 0 Å². The van der Waals surface area contributed by atoms with Crippen LogP contribution in [0.15, 0.2) is 58.2 Å². The highest BCUT2D eigenvalue weighted by Gasteiger charge is 2.20. The first-order valence-corrected chi connectivity index (χ1v) is 10.3. The highest BCUT2D eigenvalue weighted by molar-refractivity contribution is 7.99. The lowest BCUT2D eigenvalue weighted by Crippen LogP contribution is -2.42. The summed E-state index contributed by atoms with van der Waals surface area (Å²) in [7, 11) is 0. The van der Waals surface area contributed by atoms with Gasteiger partial charge in [0.05, 0.1) is 11.8 Å². The van der Waals surface area contributed by atoms with Crippen LogP contribution in [0.5, 0.6) is 11.5 Å². The first kappa shape index (κ1) is 20.0. The average Bonchev–Trinajstić information content (AvgIpc) is 3.41. The number of rotatable bonds is 8. The number of fused-ring (bicyclic) bond motifs is 1. The van der Waals surface area contributed by atoms with Gasteiger partial charge in [-0.2, -0.15) is 0 Å². The molecule has 30 heavy (non-hydrogen) atoms. The number of nitrogens with one attached hydrogen (secondary N) is 1. The molecule has 1 unspecified atom stereocenters. The third-order valence-corrected chi connectivity index (χ3v) is 5.28. The van der Waals surface area contributed by atoms with Crippen LogP contribution in [-0.4, -0.2) is 40.5 Å². The molecule has 0 saturated carbocycles. The van der Waals surface area contributed by atoms with Crippen molar-refractivity contribution in [2.75, 3.05) is 12.5 Å². The lowest BCUT2D eigenvalue weighted by molar-refractivity contribution is -0.125. The lowest BCUT2D eigenvalue weighted by atomic mass is 10.0. The highest BCUT2D eigenvalue weighted by atomic mass is 32.2. The molecule has 0 saturated heterocycles. The topological polar surface area (TPSA) is 104 Å². The third-order valence-electron chi connectivity index (χ3n) is 4.46. The number of amides is 1. The molecule has 2 aromatic carbocycles. The summed E-state index contributed by atoms with van der Waals surface area (Å²) >= 11 is 1.11. The summed E-state index contributed by atoms with van der Waals surface area (Å²) in [4.78, 5) is 24.2. The number of carbonyl (C=O) groups excluding carboxylic acids is 2. The van der Waals surface area contributed by atoms with Crippen LogP contribution in [0.25, 0.3) is 11.5 Å². The molecule has 1 N–H and O–H groups in total. The van der Waals surface area contributed by atoms with Crippen molar-refractivity contribution >= 4 is 23.5 Å². The molecule has 0 bridgehead atoms. The fourth-order valence-corrected chi connectivity index (χ4v) is 3.50.